The van der Waals surface area contributed by atoms with Gasteiger partial charge in [-0.15, -0.1) is 0 Å². The molecule has 142 valence electrons. The van der Waals surface area contributed by atoms with Crippen molar-refractivity contribution in [1.29, 1.82) is 0 Å². The fraction of sp³-hybridized carbons (Fsp3) is 0.190. The van der Waals surface area contributed by atoms with Crippen LogP contribution >= 0.6 is 0 Å². The molecule has 4 rings (SSSR count). The number of carbonyl (C=O) groups is 1. The minimum atomic E-state index is -0.315. The molecule has 0 fully saturated rings. The van der Waals surface area contributed by atoms with E-state index in [1.165, 1.54) is 0 Å². The van der Waals surface area contributed by atoms with Gasteiger partial charge in [0.15, 0.2) is 11.5 Å². The molecule has 3 aromatic rings. The predicted octanol–water partition coefficient (Wildman–Crippen LogP) is 3.58. The molecular weight excluding hydrogens is 356 g/mol. The average molecular weight is 376 g/mol. The van der Waals surface area contributed by atoms with Gasteiger partial charge >= 0.3 is 0 Å². The van der Waals surface area contributed by atoms with Gasteiger partial charge in [-0.3, -0.25) is 4.79 Å². The Labute approximate surface area is 163 Å². The minimum Gasteiger partial charge on any atom is -0.486 e. The Kier molecular flexibility index (Phi) is 4.80. The van der Waals surface area contributed by atoms with E-state index in [9.17, 15) is 4.79 Å². The van der Waals surface area contributed by atoms with Gasteiger partial charge in [-0.2, -0.15) is 0 Å². The van der Waals surface area contributed by atoms with Gasteiger partial charge in [-0.1, -0.05) is 18.2 Å². The molecule has 1 amide bonds. The summed E-state index contributed by atoms with van der Waals surface area (Å²) in [5.74, 6) is 1.43. The lowest BCUT2D eigenvalue weighted by atomic mass is 10.2. The molecule has 2 aromatic carbocycles. The van der Waals surface area contributed by atoms with E-state index in [0.29, 0.717) is 47.7 Å². The topological polar surface area (TPSA) is 76.6 Å². The van der Waals surface area contributed by atoms with Crippen molar-refractivity contribution in [3.05, 3.63) is 66.0 Å². The number of anilines is 3. The number of ether oxygens (including phenoxy) is 2. The fourth-order valence-corrected chi connectivity index (χ4v) is 2.90. The third-order valence-corrected chi connectivity index (χ3v) is 4.32. The van der Waals surface area contributed by atoms with Crippen LogP contribution in [0, 0.1) is 6.92 Å². The van der Waals surface area contributed by atoms with Crippen LogP contribution in [0.2, 0.25) is 0 Å². The first-order valence-electron chi connectivity index (χ1n) is 8.95. The molecule has 0 saturated heterocycles. The molecule has 28 heavy (non-hydrogen) atoms. The SMILES string of the molecule is Cc1cc(C(=O)Nc2ccc3c(c2)OCCO3)nc(N(C)c2ccccc2)n1. The van der Waals surface area contributed by atoms with E-state index in [1.54, 1.807) is 24.3 Å². The number of hydrogen-bond donors (Lipinski definition) is 1. The lowest BCUT2D eigenvalue weighted by Gasteiger charge is -2.19. The minimum absolute atomic E-state index is 0.292. The smallest absolute Gasteiger partial charge is 0.274 e. The van der Waals surface area contributed by atoms with Crippen molar-refractivity contribution in [2.75, 3.05) is 30.5 Å². The number of aromatic nitrogens is 2. The Morgan fingerprint density at radius 1 is 1.00 bits per heavy atom. The third-order valence-electron chi connectivity index (χ3n) is 4.32. The number of nitrogens with one attached hydrogen (secondary N) is 1. The molecule has 0 radical (unpaired) electrons. The lowest BCUT2D eigenvalue weighted by molar-refractivity contribution is 0.102. The summed E-state index contributed by atoms with van der Waals surface area (Å²) in [6.07, 6.45) is 0. The number of carbonyl (C=O) groups excluding carboxylic acids is 1. The van der Waals surface area contributed by atoms with E-state index < -0.39 is 0 Å². The van der Waals surface area contributed by atoms with Crippen LogP contribution in [0.25, 0.3) is 0 Å². The molecule has 7 heteroatoms. The zero-order chi connectivity index (χ0) is 19.5. The van der Waals surface area contributed by atoms with Gasteiger partial charge in [0, 0.05) is 30.2 Å². The van der Waals surface area contributed by atoms with Gasteiger partial charge in [-0.25, -0.2) is 9.97 Å². The van der Waals surface area contributed by atoms with E-state index in [0.717, 1.165) is 5.69 Å². The van der Waals surface area contributed by atoms with E-state index in [4.69, 9.17) is 9.47 Å². The number of rotatable bonds is 4. The molecule has 1 N–H and O–H groups in total. The average Bonchev–Trinajstić information content (AvgIpc) is 2.73. The molecule has 1 aliphatic heterocycles. The summed E-state index contributed by atoms with van der Waals surface area (Å²) >= 11 is 0. The second-order valence-electron chi connectivity index (χ2n) is 6.40. The molecule has 0 spiro atoms. The Balaban J connectivity index is 1.57. The molecule has 0 aliphatic carbocycles. The summed E-state index contributed by atoms with van der Waals surface area (Å²) < 4.78 is 11.1. The number of aryl methyl sites for hydroxylation is 1. The summed E-state index contributed by atoms with van der Waals surface area (Å²) in [5.41, 5.74) is 2.55. The maximum absolute atomic E-state index is 12.8. The van der Waals surface area contributed by atoms with Crippen LogP contribution in [0.15, 0.2) is 54.6 Å². The Morgan fingerprint density at radius 3 is 2.54 bits per heavy atom. The zero-order valence-electron chi connectivity index (χ0n) is 15.7. The number of para-hydroxylation sites is 1. The normalized spacial score (nSPS) is 12.4. The second-order valence-corrected chi connectivity index (χ2v) is 6.40. The highest BCUT2D eigenvalue weighted by Crippen LogP contribution is 2.32. The van der Waals surface area contributed by atoms with Gasteiger partial charge in [0.25, 0.3) is 5.91 Å². The van der Waals surface area contributed by atoms with Gasteiger partial charge in [0.1, 0.15) is 18.9 Å². The first-order valence-corrected chi connectivity index (χ1v) is 8.95. The Hall–Kier alpha value is -3.61. The molecule has 1 aromatic heterocycles. The number of nitrogens with zero attached hydrogens (tertiary/aromatic N) is 3. The van der Waals surface area contributed by atoms with Crippen molar-refractivity contribution >= 4 is 23.2 Å². The van der Waals surface area contributed by atoms with E-state index in [-0.39, 0.29) is 5.91 Å². The van der Waals surface area contributed by atoms with Gasteiger partial charge in [0.05, 0.1) is 0 Å². The van der Waals surface area contributed by atoms with Crippen molar-refractivity contribution in [3.63, 3.8) is 0 Å². The molecule has 0 bridgehead atoms. The standard InChI is InChI=1S/C21H20N4O3/c1-14-12-17(24-21(22-14)25(2)16-6-4-3-5-7-16)20(26)23-15-8-9-18-19(13-15)28-11-10-27-18/h3-9,12-13H,10-11H2,1-2H3,(H,23,26). The van der Waals surface area contributed by atoms with Gasteiger partial charge in [0.2, 0.25) is 5.95 Å². The summed E-state index contributed by atoms with van der Waals surface area (Å²) in [6, 6.07) is 16.7. The quantitative estimate of drug-likeness (QED) is 0.750. The number of hydrogen-bond acceptors (Lipinski definition) is 6. The van der Waals surface area contributed by atoms with Crippen LogP contribution < -0.4 is 19.7 Å². The summed E-state index contributed by atoms with van der Waals surface area (Å²) in [4.78, 5) is 23.5. The summed E-state index contributed by atoms with van der Waals surface area (Å²) in [5, 5.41) is 2.86. The second kappa shape index (κ2) is 7.56. The van der Waals surface area contributed by atoms with Crippen LogP contribution in [0.4, 0.5) is 17.3 Å². The van der Waals surface area contributed by atoms with Gasteiger partial charge < -0.3 is 19.7 Å². The molecular formula is C21H20N4O3. The lowest BCUT2D eigenvalue weighted by Crippen LogP contribution is -2.19. The van der Waals surface area contributed by atoms with Crippen molar-refractivity contribution < 1.29 is 14.3 Å². The molecule has 0 unspecified atom stereocenters. The third kappa shape index (κ3) is 3.73. The van der Waals surface area contributed by atoms with Gasteiger partial charge in [-0.05, 0) is 37.3 Å². The number of fused-ring (bicyclic) bond motifs is 1. The van der Waals surface area contributed by atoms with E-state index in [1.807, 2.05) is 49.2 Å². The predicted molar refractivity (Wildman–Crippen MR) is 107 cm³/mol. The van der Waals surface area contributed by atoms with Crippen molar-refractivity contribution in [2.24, 2.45) is 0 Å². The molecule has 7 nitrogen and oxygen atoms in total. The van der Waals surface area contributed by atoms with Crippen LogP contribution in [0.3, 0.4) is 0 Å². The first-order chi connectivity index (χ1) is 13.6. The monoisotopic (exact) mass is 376 g/mol. The first kappa shape index (κ1) is 17.8. The maximum Gasteiger partial charge on any atom is 0.274 e. The van der Waals surface area contributed by atoms with E-state index in [2.05, 4.69) is 15.3 Å². The molecule has 0 saturated carbocycles. The van der Waals surface area contributed by atoms with Crippen LogP contribution in [-0.2, 0) is 0 Å². The Morgan fingerprint density at radius 2 is 1.75 bits per heavy atom. The highest BCUT2D eigenvalue weighted by molar-refractivity contribution is 6.03. The summed E-state index contributed by atoms with van der Waals surface area (Å²) in [7, 11) is 1.87. The maximum atomic E-state index is 12.8. The van der Waals surface area contributed by atoms with E-state index >= 15 is 0 Å². The van der Waals surface area contributed by atoms with Crippen molar-refractivity contribution in [1.82, 2.24) is 9.97 Å². The van der Waals surface area contributed by atoms with Crippen LogP contribution in [0.1, 0.15) is 16.2 Å². The Bertz CT molecular complexity index is 1010. The largest absolute Gasteiger partial charge is 0.486 e. The fourth-order valence-electron chi connectivity index (χ4n) is 2.90. The summed E-state index contributed by atoms with van der Waals surface area (Å²) in [6.45, 7) is 2.85. The van der Waals surface area contributed by atoms with Crippen molar-refractivity contribution in [3.8, 4) is 11.5 Å². The number of benzene rings is 2. The van der Waals surface area contributed by atoms with Crippen molar-refractivity contribution in [2.45, 2.75) is 6.92 Å². The molecule has 0 atom stereocenters. The zero-order valence-corrected chi connectivity index (χ0v) is 15.7. The number of amides is 1. The van der Waals surface area contributed by atoms with Crippen LogP contribution in [-0.4, -0.2) is 36.1 Å². The highest BCUT2D eigenvalue weighted by atomic mass is 16.6. The highest BCUT2D eigenvalue weighted by Gasteiger charge is 2.16. The molecule has 2 heterocycles. The molecule has 1 aliphatic rings. The van der Waals surface area contributed by atoms with Crippen LogP contribution in [0.5, 0.6) is 11.5 Å².